The van der Waals surface area contributed by atoms with Crippen molar-refractivity contribution in [3.8, 4) is 0 Å². The lowest BCUT2D eigenvalue weighted by Gasteiger charge is -2.11. The summed E-state index contributed by atoms with van der Waals surface area (Å²) >= 11 is 1.38. The SMILES string of the molecule is Cc1nc(C(=O)Nc2cccc(S(=O)(=O)/N=C3\CCCN3C)c2)cs1. The molecule has 3 rings (SSSR count). The summed E-state index contributed by atoms with van der Waals surface area (Å²) in [4.78, 5) is 18.2. The van der Waals surface area contributed by atoms with Crippen molar-refractivity contribution in [2.45, 2.75) is 24.7 Å². The first kappa shape index (κ1) is 17.6. The van der Waals surface area contributed by atoms with Gasteiger partial charge in [0.25, 0.3) is 15.9 Å². The molecule has 0 aliphatic carbocycles. The number of nitrogens with one attached hydrogen (secondary N) is 1. The third kappa shape index (κ3) is 4.05. The number of likely N-dealkylation sites (tertiary alicyclic amines) is 1. The van der Waals surface area contributed by atoms with Crippen molar-refractivity contribution < 1.29 is 13.2 Å². The minimum atomic E-state index is -3.81. The van der Waals surface area contributed by atoms with E-state index in [-0.39, 0.29) is 10.8 Å². The Balaban J connectivity index is 1.82. The summed E-state index contributed by atoms with van der Waals surface area (Å²) in [5, 5.41) is 5.12. The number of anilines is 1. The fourth-order valence-electron chi connectivity index (χ4n) is 2.50. The molecule has 1 saturated heterocycles. The molecule has 1 fully saturated rings. The number of carbonyl (C=O) groups excluding carboxylic acids is 1. The van der Waals surface area contributed by atoms with Crippen LogP contribution in [0.25, 0.3) is 0 Å². The number of thiazole rings is 1. The van der Waals surface area contributed by atoms with Crippen molar-refractivity contribution in [3.63, 3.8) is 0 Å². The van der Waals surface area contributed by atoms with E-state index in [1.54, 1.807) is 17.5 Å². The number of hydrogen-bond acceptors (Lipinski definition) is 5. The van der Waals surface area contributed by atoms with E-state index < -0.39 is 10.0 Å². The number of benzene rings is 1. The number of nitrogens with zero attached hydrogens (tertiary/aromatic N) is 3. The van der Waals surface area contributed by atoms with Gasteiger partial charge in [0, 0.05) is 31.1 Å². The molecule has 0 unspecified atom stereocenters. The van der Waals surface area contributed by atoms with E-state index in [0.29, 0.717) is 23.6 Å². The maximum atomic E-state index is 12.5. The van der Waals surface area contributed by atoms with Crippen LogP contribution in [-0.4, -0.2) is 43.6 Å². The van der Waals surface area contributed by atoms with Crippen molar-refractivity contribution in [3.05, 3.63) is 40.3 Å². The molecule has 0 spiro atoms. The molecule has 0 radical (unpaired) electrons. The van der Waals surface area contributed by atoms with E-state index in [1.807, 2.05) is 18.9 Å². The standard InChI is InChI=1S/C16H18N4O3S2/c1-11-17-14(10-24-11)16(21)18-12-5-3-6-13(9-12)25(22,23)19-15-7-4-8-20(15)2/h3,5-6,9-10H,4,7-8H2,1-2H3,(H,18,21)/b19-15+. The molecular weight excluding hydrogens is 360 g/mol. The Morgan fingerprint density at radius 3 is 2.84 bits per heavy atom. The van der Waals surface area contributed by atoms with E-state index in [9.17, 15) is 13.2 Å². The summed E-state index contributed by atoms with van der Waals surface area (Å²) in [6.07, 6.45) is 1.54. The molecule has 1 aliphatic rings. The van der Waals surface area contributed by atoms with E-state index in [4.69, 9.17) is 0 Å². The third-order valence-corrected chi connectivity index (χ3v) is 5.88. The molecule has 0 saturated carbocycles. The van der Waals surface area contributed by atoms with Gasteiger partial charge in [0.1, 0.15) is 11.5 Å². The molecular formula is C16H18N4O3S2. The highest BCUT2D eigenvalue weighted by Gasteiger charge is 2.20. The number of rotatable bonds is 4. The molecule has 1 amide bonds. The number of hydrogen-bond donors (Lipinski definition) is 1. The average molecular weight is 378 g/mol. The van der Waals surface area contributed by atoms with Gasteiger partial charge in [0.05, 0.1) is 9.90 Å². The third-order valence-electron chi connectivity index (χ3n) is 3.80. The zero-order valence-corrected chi connectivity index (χ0v) is 15.5. The Labute approximate surface area is 150 Å². The molecule has 1 aromatic heterocycles. The molecule has 0 atom stereocenters. The molecule has 2 heterocycles. The molecule has 9 heteroatoms. The van der Waals surface area contributed by atoms with Gasteiger partial charge in [-0.1, -0.05) is 6.07 Å². The van der Waals surface area contributed by atoms with Gasteiger partial charge in [-0.3, -0.25) is 4.79 Å². The average Bonchev–Trinajstić information content (AvgIpc) is 3.16. The van der Waals surface area contributed by atoms with Gasteiger partial charge in [0.15, 0.2) is 0 Å². The lowest BCUT2D eigenvalue weighted by atomic mass is 10.3. The zero-order valence-electron chi connectivity index (χ0n) is 13.9. The molecule has 1 N–H and O–H groups in total. The van der Waals surface area contributed by atoms with E-state index in [1.165, 1.54) is 23.5 Å². The van der Waals surface area contributed by atoms with Crippen LogP contribution < -0.4 is 5.32 Å². The van der Waals surface area contributed by atoms with Crippen molar-refractivity contribution in [2.75, 3.05) is 18.9 Å². The number of aryl methyl sites for hydroxylation is 1. The number of sulfonamides is 1. The monoisotopic (exact) mass is 378 g/mol. The maximum Gasteiger partial charge on any atom is 0.284 e. The number of carbonyl (C=O) groups is 1. The van der Waals surface area contributed by atoms with Crippen LogP contribution in [0.1, 0.15) is 28.3 Å². The largest absolute Gasteiger partial charge is 0.362 e. The summed E-state index contributed by atoms with van der Waals surface area (Å²) < 4.78 is 28.9. The van der Waals surface area contributed by atoms with E-state index >= 15 is 0 Å². The first-order valence-electron chi connectivity index (χ1n) is 7.74. The maximum absolute atomic E-state index is 12.5. The number of aromatic nitrogens is 1. The second-order valence-electron chi connectivity index (χ2n) is 5.74. The predicted octanol–water partition coefficient (Wildman–Crippen LogP) is 2.52. The summed E-state index contributed by atoms with van der Waals surface area (Å²) in [5.74, 6) is 0.188. The van der Waals surface area contributed by atoms with Crippen LogP contribution in [-0.2, 0) is 10.0 Å². The second-order valence-corrected chi connectivity index (χ2v) is 8.41. The summed E-state index contributed by atoms with van der Waals surface area (Å²) in [7, 11) is -1.99. The van der Waals surface area contributed by atoms with Crippen molar-refractivity contribution in [1.82, 2.24) is 9.88 Å². The molecule has 0 bridgehead atoms. The lowest BCUT2D eigenvalue weighted by molar-refractivity contribution is 0.102. The summed E-state index contributed by atoms with van der Waals surface area (Å²) in [5.41, 5.74) is 0.695. The summed E-state index contributed by atoms with van der Waals surface area (Å²) in [6.45, 7) is 2.62. The number of amides is 1. The van der Waals surface area contributed by atoms with Crippen LogP contribution in [0.15, 0.2) is 38.9 Å². The minimum absolute atomic E-state index is 0.0487. The van der Waals surface area contributed by atoms with Crippen LogP contribution in [0.5, 0.6) is 0 Å². The Hall–Kier alpha value is -2.26. The normalized spacial score (nSPS) is 16.4. The molecule has 7 nitrogen and oxygen atoms in total. The Bertz CT molecular complexity index is 934. The van der Waals surface area contributed by atoms with Crippen LogP contribution in [0.2, 0.25) is 0 Å². The van der Waals surface area contributed by atoms with Gasteiger partial charge in [-0.2, -0.15) is 8.42 Å². The van der Waals surface area contributed by atoms with Crippen LogP contribution in [0.3, 0.4) is 0 Å². The highest BCUT2D eigenvalue weighted by molar-refractivity contribution is 7.90. The Kier molecular flexibility index (Phi) is 4.87. The Morgan fingerprint density at radius 2 is 2.20 bits per heavy atom. The van der Waals surface area contributed by atoms with Gasteiger partial charge in [0.2, 0.25) is 0 Å². The smallest absolute Gasteiger partial charge is 0.284 e. The van der Waals surface area contributed by atoms with Gasteiger partial charge in [-0.25, -0.2) is 4.98 Å². The van der Waals surface area contributed by atoms with Crippen molar-refractivity contribution in [1.29, 1.82) is 0 Å². The lowest BCUT2D eigenvalue weighted by Crippen LogP contribution is -2.20. The highest BCUT2D eigenvalue weighted by atomic mass is 32.2. The minimum Gasteiger partial charge on any atom is -0.362 e. The van der Waals surface area contributed by atoms with Crippen molar-refractivity contribution in [2.24, 2.45) is 4.40 Å². The fraction of sp³-hybridized carbons (Fsp3) is 0.312. The molecule has 132 valence electrons. The first-order valence-corrected chi connectivity index (χ1v) is 10.1. The van der Waals surface area contributed by atoms with Crippen LogP contribution in [0, 0.1) is 6.92 Å². The van der Waals surface area contributed by atoms with Crippen LogP contribution >= 0.6 is 11.3 Å². The highest BCUT2D eigenvalue weighted by Crippen LogP contribution is 2.20. The van der Waals surface area contributed by atoms with Gasteiger partial charge in [-0.15, -0.1) is 15.7 Å². The van der Waals surface area contributed by atoms with E-state index in [2.05, 4.69) is 14.7 Å². The molecule has 2 aromatic rings. The molecule has 1 aromatic carbocycles. The van der Waals surface area contributed by atoms with Gasteiger partial charge in [-0.05, 0) is 31.5 Å². The molecule has 1 aliphatic heterocycles. The number of amidine groups is 1. The van der Waals surface area contributed by atoms with Crippen LogP contribution in [0.4, 0.5) is 5.69 Å². The first-order chi connectivity index (χ1) is 11.8. The topological polar surface area (TPSA) is 91.7 Å². The van der Waals surface area contributed by atoms with Crippen molar-refractivity contribution >= 4 is 38.8 Å². The predicted molar refractivity (Wildman–Crippen MR) is 97.7 cm³/mol. The zero-order chi connectivity index (χ0) is 18.0. The summed E-state index contributed by atoms with van der Waals surface area (Å²) in [6, 6.07) is 6.08. The quantitative estimate of drug-likeness (QED) is 0.883. The fourth-order valence-corrected chi connectivity index (χ4v) is 4.23. The van der Waals surface area contributed by atoms with Gasteiger partial charge >= 0.3 is 0 Å². The second kappa shape index (κ2) is 6.93. The Morgan fingerprint density at radius 1 is 1.40 bits per heavy atom. The van der Waals surface area contributed by atoms with Gasteiger partial charge < -0.3 is 10.2 Å². The molecule has 25 heavy (non-hydrogen) atoms. The van der Waals surface area contributed by atoms with E-state index in [0.717, 1.165) is 18.0 Å².